The number of carbonyl (C=O) groups is 1. The summed E-state index contributed by atoms with van der Waals surface area (Å²) in [4.78, 5) is 19.0. The topological polar surface area (TPSA) is 47.4 Å². The molecule has 0 radical (unpaired) electrons. The first-order valence-electron chi connectivity index (χ1n) is 8.11. The average molecular weight is 370 g/mol. The predicted octanol–water partition coefficient (Wildman–Crippen LogP) is 3.69. The lowest BCUT2D eigenvalue weighted by molar-refractivity contribution is -0.129. The van der Waals surface area contributed by atoms with Gasteiger partial charge in [-0.2, -0.15) is 0 Å². The summed E-state index contributed by atoms with van der Waals surface area (Å²) in [6.07, 6.45) is 0. The summed E-state index contributed by atoms with van der Waals surface area (Å²) in [5.41, 5.74) is 1.84. The second kappa shape index (κ2) is 8.74. The monoisotopic (exact) mass is 369 g/mol. The van der Waals surface area contributed by atoms with Crippen LogP contribution in [0, 0.1) is 0 Å². The van der Waals surface area contributed by atoms with Gasteiger partial charge in [0.1, 0.15) is 0 Å². The average Bonchev–Trinajstić information content (AvgIpc) is 2.89. The van der Waals surface area contributed by atoms with E-state index in [1.54, 1.807) is 7.11 Å². The van der Waals surface area contributed by atoms with Crippen LogP contribution in [0.15, 0.2) is 23.4 Å². The Labute approximate surface area is 152 Å². The SMILES string of the molecule is CCN(CC)C(=O)C(C)Sc1nc2cc(Cl)ccc2n1CCOC. The van der Waals surface area contributed by atoms with Crippen molar-refractivity contribution in [3.8, 4) is 0 Å². The smallest absolute Gasteiger partial charge is 0.235 e. The number of benzene rings is 1. The summed E-state index contributed by atoms with van der Waals surface area (Å²) >= 11 is 7.56. The van der Waals surface area contributed by atoms with Gasteiger partial charge < -0.3 is 14.2 Å². The van der Waals surface area contributed by atoms with E-state index in [0.717, 1.165) is 29.3 Å². The normalized spacial score (nSPS) is 12.5. The highest BCUT2D eigenvalue weighted by molar-refractivity contribution is 8.00. The van der Waals surface area contributed by atoms with E-state index < -0.39 is 0 Å². The van der Waals surface area contributed by atoms with Gasteiger partial charge in [-0.1, -0.05) is 23.4 Å². The quantitative estimate of drug-likeness (QED) is 0.666. The van der Waals surface area contributed by atoms with Crippen LogP contribution >= 0.6 is 23.4 Å². The highest BCUT2D eigenvalue weighted by Crippen LogP contribution is 2.29. The van der Waals surface area contributed by atoms with E-state index in [9.17, 15) is 4.79 Å². The molecule has 1 aromatic carbocycles. The number of aromatic nitrogens is 2. The molecule has 0 N–H and O–H groups in total. The number of imidazole rings is 1. The largest absolute Gasteiger partial charge is 0.383 e. The summed E-state index contributed by atoms with van der Waals surface area (Å²) in [7, 11) is 1.68. The van der Waals surface area contributed by atoms with Gasteiger partial charge in [0, 0.05) is 31.8 Å². The van der Waals surface area contributed by atoms with Crippen molar-refractivity contribution in [2.45, 2.75) is 37.7 Å². The number of halogens is 1. The minimum absolute atomic E-state index is 0.133. The molecule has 7 heteroatoms. The molecule has 0 saturated carbocycles. The third-order valence-electron chi connectivity index (χ3n) is 3.90. The summed E-state index contributed by atoms with van der Waals surface area (Å²) in [6.45, 7) is 8.62. The van der Waals surface area contributed by atoms with Gasteiger partial charge in [0.15, 0.2) is 5.16 Å². The Kier molecular flexibility index (Phi) is 6.95. The van der Waals surface area contributed by atoms with Crippen molar-refractivity contribution in [1.29, 1.82) is 0 Å². The lowest BCUT2D eigenvalue weighted by atomic mass is 10.3. The third-order valence-corrected chi connectivity index (χ3v) is 5.21. The van der Waals surface area contributed by atoms with E-state index in [2.05, 4.69) is 9.55 Å². The number of hydrogen-bond donors (Lipinski definition) is 0. The van der Waals surface area contributed by atoms with Gasteiger partial charge in [0.05, 0.1) is 22.9 Å². The van der Waals surface area contributed by atoms with Crippen molar-refractivity contribution in [2.24, 2.45) is 0 Å². The van der Waals surface area contributed by atoms with Crippen molar-refractivity contribution in [2.75, 3.05) is 26.8 Å². The van der Waals surface area contributed by atoms with Gasteiger partial charge in [-0.15, -0.1) is 0 Å². The van der Waals surface area contributed by atoms with E-state index in [1.807, 2.05) is 43.9 Å². The van der Waals surface area contributed by atoms with Crippen LogP contribution in [-0.2, 0) is 16.1 Å². The van der Waals surface area contributed by atoms with Gasteiger partial charge in [-0.05, 0) is 39.0 Å². The maximum Gasteiger partial charge on any atom is 0.235 e. The molecule has 0 bridgehead atoms. The number of carbonyl (C=O) groups excluding carboxylic acids is 1. The van der Waals surface area contributed by atoms with E-state index in [4.69, 9.17) is 16.3 Å². The molecule has 2 aromatic rings. The Morgan fingerprint density at radius 2 is 2.12 bits per heavy atom. The zero-order chi connectivity index (χ0) is 17.7. The van der Waals surface area contributed by atoms with Crippen molar-refractivity contribution < 1.29 is 9.53 Å². The molecule has 1 unspecified atom stereocenters. The molecule has 1 amide bonds. The van der Waals surface area contributed by atoms with E-state index in [-0.39, 0.29) is 11.2 Å². The highest BCUT2D eigenvalue weighted by atomic mass is 35.5. The van der Waals surface area contributed by atoms with E-state index >= 15 is 0 Å². The molecule has 1 heterocycles. The number of amides is 1. The minimum atomic E-state index is -0.196. The molecule has 0 spiro atoms. The standard InChI is InChI=1S/C17H24ClN3O2S/c1-5-20(6-2)16(22)12(3)24-17-19-14-11-13(18)7-8-15(14)21(17)9-10-23-4/h7-8,11-12H,5-6,9-10H2,1-4H3. The van der Waals surface area contributed by atoms with Gasteiger partial charge in [0.2, 0.25) is 5.91 Å². The van der Waals surface area contributed by atoms with Crippen LogP contribution in [-0.4, -0.2) is 52.4 Å². The number of ether oxygens (including phenoxy) is 1. The summed E-state index contributed by atoms with van der Waals surface area (Å²) < 4.78 is 7.30. The number of hydrogen-bond acceptors (Lipinski definition) is 4. The van der Waals surface area contributed by atoms with Crippen molar-refractivity contribution in [3.05, 3.63) is 23.2 Å². The van der Waals surface area contributed by atoms with Crippen LogP contribution in [0.5, 0.6) is 0 Å². The third kappa shape index (κ3) is 4.23. The molecule has 5 nitrogen and oxygen atoms in total. The predicted molar refractivity (Wildman–Crippen MR) is 99.9 cm³/mol. The maximum absolute atomic E-state index is 12.5. The molecular weight excluding hydrogens is 346 g/mol. The number of nitrogens with zero attached hydrogens (tertiary/aromatic N) is 3. The molecule has 2 rings (SSSR count). The fraction of sp³-hybridized carbons (Fsp3) is 0.529. The van der Waals surface area contributed by atoms with Gasteiger partial charge in [0.25, 0.3) is 0 Å². The van der Waals surface area contributed by atoms with Gasteiger partial charge in [-0.25, -0.2) is 4.98 Å². The Morgan fingerprint density at radius 1 is 1.42 bits per heavy atom. The molecule has 1 aromatic heterocycles. The Bertz CT molecular complexity index is 700. The minimum Gasteiger partial charge on any atom is -0.383 e. The molecular formula is C17H24ClN3O2S. The molecule has 24 heavy (non-hydrogen) atoms. The molecule has 0 aliphatic rings. The van der Waals surface area contributed by atoms with Crippen LogP contribution in [0.25, 0.3) is 11.0 Å². The molecule has 0 aliphatic carbocycles. The summed E-state index contributed by atoms with van der Waals surface area (Å²) in [5, 5.41) is 1.28. The first-order valence-corrected chi connectivity index (χ1v) is 9.37. The first-order chi connectivity index (χ1) is 11.5. The molecule has 132 valence electrons. The Morgan fingerprint density at radius 3 is 2.75 bits per heavy atom. The Hall–Kier alpha value is -1.24. The summed E-state index contributed by atoms with van der Waals surface area (Å²) in [6, 6.07) is 5.66. The fourth-order valence-electron chi connectivity index (χ4n) is 2.57. The zero-order valence-electron chi connectivity index (χ0n) is 14.6. The van der Waals surface area contributed by atoms with Crippen molar-refractivity contribution >= 4 is 40.3 Å². The van der Waals surface area contributed by atoms with Crippen LogP contribution < -0.4 is 0 Å². The number of fused-ring (bicyclic) bond motifs is 1. The first kappa shape index (κ1) is 19.1. The molecule has 0 saturated heterocycles. The second-order valence-corrected chi connectivity index (χ2v) is 7.19. The van der Waals surface area contributed by atoms with E-state index in [1.165, 1.54) is 11.8 Å². The van der Waals surface area contributed by atoms with E-state index in [0.29, 0.717) is 18.2 Å². The van der Waals surface area contributed by atoms with Gasteiger partial charge in [-0.3, -0.25) is 4.79 Å². The van der Waals surface area contributed by atoms with Gasteiger partial charge >= 0.3 is 0 Å². The van der Waals surface area contributed by atoms with Crippen LogP contribution in [0.4, 0.5) is 0 Å². The molecule has 0 aliphatic heterocycles. The molecule has 1 atom stereocenters. The number of rotatable bonds is 8. The maximum atomic E-state index is 12.5. The lowest BCUT2D eigenvalue weighted by Crippen LogP contribution is -2.36. The fourth-order valence-corrected chi connectivity index (χ4v) is 3.77. The second-order valence-electron chi connectivity index (χ2n) is 5.44. The zero-order valence-corrected chi connectivity index (χ0v) is 16.2. The van der Waals surface area contributed by atoms with Crippen molar-refractivity contribution in [1.82, 2.24) is 14.5 Å². The lowest BCUT2D eigenvalue weighted by Gasteiger charge is -2.22. The summed E-state index contributed by atoms with van der Waals surface area (Å²) in [5.74, 6) is 0.133. The number of methoxy groups -OCH3 is 1. The van der Waals surface area contributed by atoms with Crippen LogP contribution in [0.3, 0.4) is 0 Å². The Balaban J connectivity index is 2.31. The number of thioether (sulfide) groups is 1. The van der Waals surface area contributed by atoms with Crippen molar-refractivity contribution in [3.63, 3.8) is 0 Å². The highest BCUT2D eigenvalue weighted by Gasteiger charge is 2.22. The van der Waals surface area contributed by atoms with Crippen LogP contribution in [0.2, 0.25) is 5.02 Å². The molecule has 0 fully saturated rings. The van der Waals surface area contributed by atoms with Crippen LogP contribution in [0.1, 0.15) is 20.8 Å².